The Hall–Kier alpha value is -1.24. The smallest absolute Gasteiger partial charge is 0.0458 e. The van der Waals surface area contributed by atoms with E-state index in [4.69, 9.17) is 0 Å². The van der Waals surface area contributed by atoms with Crippen molar-refractivity contribution >= 4 is 10.9 Å². The van der Waals surface area contributed by atoms with E-state index >= 15 is 0 Å². The predicted molar refractivity (Wildman–Crippen MR) is 77.9 cm³/mol. The summed E-state index contributed by atoms with van der Waals surface area (Å²) in [5.74, 6) is 0.798. The molecule has 0 radical (unpaired) electrons. The Morgan fingerprint density at radius 1 is 1.17 bits per heavy atom. The first-order valence-corrected chi connectivity index (χ1v) is 7.14. The molecule has 3 rings (SSSR count). The van der Waals surface area contributed by atoms with Crippen molar-refractivity contribution < 1.29 is 0 Å². The van der Waals surface area contributed by atoms with Gasteiger partial charge in [0.2, 0.25) is 0 Å². The topological polar surface area (TPSA) is 15.8 Å². The zero-order valence-electron chi connectivity index (χ0n) is 11.7. The van der Waals surface area contributed by atoms with Gasteiger partial charge in [-0.1, -0.05) is 39.0 Å². The predicted octanol–water partition coefficient (Wildman–Crippen LogP) is 4.71. The van der Waals surface area contributed by atoms with Gasteiger partial charge < -0.3 is 4.98 Å². The summed E-state index contributed by atoms with van der Waals surface area (Å²) in [5, 5.41) is 1.45. The van der Waals surface area contributed by atoms with Crippen molar-refractivity contribution in [3.05, 3.63) is 35.5 Å². The molecule has 96 valence electrons. The maximum absolute atomic E-state index is 3.66. The van der Waals surface area contributed by atoms with Crippen LogP contribution < -0.4 is 0 Å². The molecule has 0 saturated heterocycles. The van der Waals surface area contributed by atoms with Gasteiger partial charge in [-0.25, -0.2) is 0 Å². The van der Waals surface area contributed by atoms with Crippen molar-refractivity contribution in [2.24, 2.45) is 11.3 Å². The monoisotopic (exact) mass is 241 g/mol. The van der Waals surface area contributed by atoms with E-state index in [1.54, 1.807) is 5.56 Å². The van der Waals surface area contributed by atoms with Crippen LogP contribution in [0.4, 0.5) is 0 Å². The average Bonchev–Trinajstić information content (AvgIpc) is 2.52. The fraction of sp³-hybridized carbons (Fsp3) is 0.529. The summed E-state index contributed by atoms with van der Waals surface area (Å²) >= 11 is 0. The van der Waals surface area contributed by atoms with Gasteiger partial charge in [0.25, 0.3) is 0 Å². The first-order chi connectivity index (χ1) is 8.55. The van der Waals surface area contributed by atoms with Gasteiger partial charge in [-0.2, -0.15) is 0 Å². The summed E-state index contributed by atoms with van der Waals surface area (Å²) in [4.78, 5) is 3.66. The third-order valence-corrected chi connectivity index (χ3v) is 4.56. The van der Waals surface area contributed by atoms with E-state index in [-0.39, 0.29) is 0 Å². The van der Waals surface area contributed by atoms with Crippen molar-refractivity contribution in [2.45, 2.75) is 46.5 Å². The number of hydrogen-bond acceptors (Lipinski definition) is 0. The number of nitrogens with one attached hydrogen (secondary N) is 1. The molecular formula is C17H23N. The van der Waals surface area contributed by atoms with Gasteiger partial charge in [-0.3, -0.25) is 0 Å². The van der Waals surface area contributed by atoms with Gasteiger partial charge >= 0.3 is 0 Å². The molecule has 2 aromatic rings. The number of fused-ring (bicyclic) bond motifs is 3. The molecule has 1 aliphatic rings. The van der Waals surface area contributed by atoms with E-state index in [1.807, 2.05) is 0 Å². The molecule has 18 heavy (non-hydrogen) atoms. The first kappa shape index (κ1) is 11.8. The minimum atomic E-state index is 0.416. The summed E-state index contributed by atoms with van der Waals surface area (Å²) in [6, 6.07) is 8.75. The quantitative estimate of drug-likeness (QED) is 0.643. The molecule has 1 heteroatoms. The van der Waals surface area contributed by atoms with Crippen molar-refractivity contribution in [1.29, 1.82) is 0 Å². The molecular weight excluding hydrogens is 218 g/mol. The minimum Gasteiger partial charge on any atom is -0.358 e. The lowest BCUT2D eigenvalue weighted by molar-refractivity contribution is 0.223. The van der Waals surface area contributed by atoms with E-state index in [9.17, 15) is 0 Å². The van der Waals surface area contributed by atoms with Gasteiger partial charge in [0, 0.05) is 16.6 Å². The maximum Gasteiger partial charge on any atom is 0.0458 e. The Bertz CT molecular complexity index is 556. The number of hydrogen-bond donors (Lipinski definition) is 1. The summed E-state index contributed by atoms with van der Waals surface area (Å²) in [6.07, 6.45) is 5.15. The number of aromatic amines is 1. The van der Waals surface area contributed by atoms with Crippen LogP contribution in [0.25, 0.3) is 10.9 Å². The van der Waals surface area contributed by atoms with Crippen LogP contribution in [0.1, 0.15) is 44.9 Å². The second-order valence-corrected chi connectivity index (χ2v) is 6.79. The van der Waals surface area contributed by atoms with Crippen molar-refractivity contribution in [3.8, 4) is 0 Å². The molecule has 0 saturated carbocycles. The molecule has 1 atom stereocenters. The fourth-order valence-corrected chi connectivity index (χ4v) is 3.33. The van der Waals surface area contributed by atoms with Gasteiger partial charge in [0.1, 0.15) is 0 Å². The lowest BCUT2D eigenvalue weighted by Gasteiger charge is -2.29. The number of benzene rings is 1. The lowest BCUT2D eigenvalue weighted by atomic mass is 9.76. The standard InChI is InChI=1S/C17H23N/c1-17(2,3)12-7-6-9-14-13-8-4-5-10-15(13)18-16(14)11-12/h4-5,8,10,12,18H,6-7,9,11H2,1-3H3. The molecule has 0 fully saturated rings. The van der Waals surface area contributed by atoms with Crippen molar-refractivity contribution in [2.75, 3.05) is 0 Å². The largest absolute Gasteiger partial charge is 0.358 e. The highest BCUT2D eigenvalue weighted by Gasteiger charge is 2.28. The molecule has 1 nitrogen and oxygen atoms in total. The molecule has 1 aromatic carbocycles. The molecule has 0 spiro atoms. The Kier molecular flexibility index (Phi) is 2.73. The van der Waals surface area contributed by atoms with E-state index in [2.05, 4.69) is 50.0 Å². The second kappa shape index (κ2) is 4.15. The summed E-state index contributed by atoms with van der Waals surface area (Å²) in [5.41, 5.74) is 4.81. The molecule has 1 aromatic heterocycles. The van der Waals surface area contributed by atoms with E-state index < -0.39 is 0 Å². The number of aromatic nitrogens is 1. The molecule has 1 heterocycles. The zero-order valence-corrected chi connectivity index (χ0v) is 11.7. The van der Waals surface area contributed by atoms with Crippen molar-refractivity contribution in [3.63, 3.8) is 0 Å². The molecule has 1 unspecified atom stereocenters. The van der Waals surface area contributed by atoms with Crippen LogP contribution in [0.15, 0.2) is 24.3 Å². The van der Waals surface area contributed by atoms with Crippen LogP contribution in [0.2, 0.25) is 0 Å². The van der Waals surface area contributed by atoms with Crippen LogP contribution in [0.5, 0.6) is 0 Å². The molecule has 1 aliphatic carbocycles. The Morgan fingerprint density at radius 3 is 2.72 bits per heavy atom. The van der Waals surface area contributed by atoms with Crippen LogP contribution in [0.3, 0.4) is 0 Å². The number of rotatable bonds is 0. The third-order valence-electron chi connectivity index (χ3n) is 4.56. The number of H-pyrrole nitrogens is 1. The highest BCUT2D eigenvalue weighted by molar-refractivity contribution is 5.84. The molecule has 0 amide bonds. The Balaban J connectivity index is 2.05. The van der Waals surface area contributed by atoms with Gasteiger partial charge in [-0.05, 0) is 48.6 Å². The normalized spacial score (nSPS) is 20.7. The van der Waals surface area contributed by atoms with Gasteiger partial charge in [0.15, 0.2) is 0 Å². The van der Waals surface area contributed by atoms with Crippen LogP contribution in [-0.2, 0) is 12.8 Å². The molecule has 0 aliphatic heterocycles. The molecule has 1 N–H and O–H groups in total. The third kappa shape index (κ3) is 1.96. The highest BCUT2D eigenvalue weighted by atomic mass is 14.7. The van der Waals surface area contributed by atoms with E-state index in [1.165, 1.54) is 42.3 Å². The summed E-state index contributed by atoms with van der Waals surface area (Å²) in [7, 11) is 0. The van der Waals surface area contributed by atoms with Crippen LogP contribution in [0, 0.1) is 11.3 Å². The Labute approximate surface area is 110 Å². The maximum atomic E-state index is 3.66. The first-order valence-electron chi connectivity index (χ1n) is 7.14. The summed E-state index contributed by atoms with van der Waals surface area (Å²) < 4.78 is 0. The number of aryl methyl sites for hydroxylation is 1. The zero-order chi connectivity index (χ0) is 12.8. The van der Waals surface area contributed by atoms with Gasteiger partial charge in [-0.15, -0.1) is 0 Å². The van der Waals surface area contributed by atoms with Gasteiger partial charge in [0.05, 0.1) is 0 Å². The lowest BCUT2D eigenvalue weighted by Crippen LogP contribution is -2.22. The van der Waals surface area contributed by atoms with Crippen molar-refractivity contribution in [1.82, 2.24) is 4.98 Å². The highest BCUT2D eigenvalue weighted by Crippen LogP contribution is 2.38. The minimum absolute atomic E-state index is 0.416. The van der Waals surface area contributed by atoms with Crippen LogP contribution in [-0.4, -0.2) is 4.98 Å². The van der Waals surface area contributed by atoms with Crippen LogP contribution >= 0.6 is 0 Å². The number of para-hydroxylation sites is 1. The SMILES string of the molecule is CC(C)(C)C1CCCc2c([nH]c3ccccc23)C1. The van der Waals surface area contributed by atoms with E-state index in [0.29, 0.717) is 5.41 Å². The second-order valence-electron chi connectivity index (χ2n) is 6.79. The Morgan fingerprint density at radius 2 is 1.94 bits per heavy atom. The fourth-order valence-electron chi connectivity index (χ4n) is 3.33. The van der Waals surface area contributed by atoms with E-state index in [0.717, 1.165) is 5.92 Å². The summed E-state index contributed by atoms with van der Waals surface area (Å²) in [6.45, 7) is 7.14. The average molecular weight is 241 g/mol. The molecule has 0 bridgehead atoms.